The zero-order valence-electron chi connectivity index (χ0n) is 22.6. The van der Waals surface area contributed by atoms with E-state index in [1.54, 1.807) is 84.2 Å². The Hall–Kier alpha value is -3.04. The Morgan fingerprint density at radius 1 is 0.381 bits per heavy atom. The molecule has 2 aliphatic carbocycles. The summed E-state index contributed by atoms with van der Waals surface area (Å²) in [6.45, 7) is 0. The maximum absolute atomic E-state index is 13.2. The number of hydrogen-bond donors (Lipinski definition) is 0. The van der Waals surface area contributed by atoms with Gasteiger partial charge in [-0.05, 0) is 36.5 Å². The third kappa shape index (κ3) is 5.65. The molecule has 6 rings (SSSR count). The van der Waals surface area contributed by atoms with Gasteiger partial charge in [-0.1, -0.05) is 94.4 Å². The summed E-state index contributed by atoms with van der Waals surface area (Å²) in [6, 6.07) is 25.2. The van der Waals surface area contributed by atoms with Crippen LogP contribution in [-0.2, 0) is 0 Å². The van der Waals surface area contributed by atoms with Gasteiger partial charge in [0.2, 0.25) is 0 Å². The molecule has 0 unspecified atom stereocenters. The molecule has 0 aliphatic heterocycles. The van der Waals surface area contributed by atoms with Crippen molar-refractivity contribution in [2.24, 2.45) is 0 Å². The standard InChI is InChI=1S/C34H26O4S4/c35-31-21-9-1-3-11-23(21)33(37)29-25(31)13-5-15-27(29)39-17-7-19-41-42-20-8-18-40-28-16-6-14-26-30(28)34(38)24-12-4-2-10-22(24)32(26)36/h1-6,9-16H,7-8,17-20H2. The Morgan fingerprint density at radius 2 is 0.738 bits per heavy atom. The van der Waals surface area contributed by atoms with Gasteiger partial charge in [0.15, 0.2) is 23.1 Å². The average Bonchev–Trinajstić information content (AvgIpc) is 3.03. The van der Waals surface area contributed by atoms with Crippen LogP contribution < -0.4 is 0 Å². The smallest absolute Gasteiger partial charge is 0.195 e. The number of fused-ring (bicyclic) bond motifs is 4. The molecule has 0 saturated heterocycles. The minimum absolute atomic E-state index is 0.0668. The molecule has 210 valence electrons. The molecule has 0 amide bonds. The summed E-state index contributed by atoms with van der Waals surface area (Å²) in [5, 5.41) is 0. The van der Waals surface area contributed by atoms with E-state index in [0.29, 0.717) is 44.5 Å². The quantitative estimate of drug-likeness (QED) is 0.0809. The first kappa shape index (κ1) is 29.1. The molecule has 42 heavy (non-hydrogen) atoms. The van der Waals surface area contributed by atoms with Crippen LogP contribution in [0.15, 0.2) is 94.7 Å². The van der Waals surface area contributed by atoms with Crippen molar-refractivity contribution in [1.82, 2.24) is 0 Å². The maximum Gasteiger partial charge on any atom is 0.195 e. The first-order chi connectivity index (χ1) is 20.6. The summed E-state index contributed by atoms with van der Waals surface area (Å²) in [5.41, 5.74) is 4.05. The molecule has 0 spiro atoms. The number of hydrogen-bond acceptors (Lipinski definition) is 8. The Bertz CT molecular complexity index is 1600. The third-order valence-electron chi connectivity index (χ3n) is 7.17. The lowest BCUT2D eigenvalue weighted by Gasteiger charge is -2.19. The molecule has 0 radical (unpaired) electrons. The lowest BCUT2D eigenvalue weighted by molar-refractivity contribution is 0.0977. The van der Waals surface area contributed by atoms with Gasteiger partial charge in [-0.25, -0.2) is 0 Å². The minimum Gasteiger partial charge on any atom is -0.289 e. The van der Waals surface area contributed by atoms with Crippen LogP contribution in [0.25, 0.3) is 0 Å². The van der Waals surface area contributed by atoms with Crippen LogP contribution in [0.3, 0.4) is 0 Å². The van der Waals surface area contributed by atoms with Gasteiger partial charge in [0.25, 0.3) is 0 Å². The molecular weight excluding hydrogens is 601 g/mol. The van der Waals surface area contributed by atoms with Gasteiger partial charge in [-0.3, -0.25) is 19.2 Å². The van der Waals surface area contributed by atoms with Gasteiger partial charge in [0.05, 0.1) is 0 Å². The maximum atomic E-state index is 13.2. The van der Waals surface area contributed by atoms with Gasteiger partial charge in [-0.15, -0.1) is 23.5 Å². The van der Waals surface area contributed by atoms with E-state index in [1.165, 1.54) is 0 Å². The molecular formula is C34H26O4S4. The molecule has 0 N–H and O–H groups in total. The largest absolute Gasteiger partial charge is 0.289 e. The third-order valence-corrected chi connectivity index (χ3v) is 12.0. The summed E-state index contributed by atoms with van der Waals surface area (Å²) in [5.74, 6) is 3.45. The second-order valence-corrected chi connectivity index (χ2v) is 14.8. The Morgan fingerprint density at radius 3 is 1.14 bits per heavy atom. The first-order valence-corrected chi connectivity index (χ1v) is 18.1. The van der Waals surface area contributed by atoms with E-state index in [-0.39, 0.29) is 23.1 Å². The highest BCUT2D eigenvalue weighted by molar-refractivity contribution is 8.76. The Kier molecular flexibility index (Phi) is 9.05. The van der Waals surface area contributed by atoms with Crippen molar-refractivity contribution in [2.75, 3.05) is 23.0 Å². The van der Waals surface area contributed by atoms with Gasteiger partial charge in [-0.2, -0.15) is 0 Å². The van der Waals surface area contributed by atoms with Crippen molar-refractivity contribution in [3.8, 4) is 0 Å². The molecule has 2 aliphatic rings. The topological polar surface area (TPSA) is 68.3 Å². The van der Waals surface area contributed by atoms with Crippen molar-refractivity contribution in [2.45, 2.75) is 22.6 Å². The van der Waals surface area contributed by atoms with E-state index in [0.717, 1.165) is 45.6 Å². The van der Waals surface area contributed by atoms with E-state index < -0.39 is 0 Å². The zero-order chi connectivity index (χ0) is 29.1. The van der Waals surface area contributed by atoms with Crippen molar-refractivity contribution in [3.05, 3.63) is 129 Å². The molecule has 0 bridgehead atoms. The SMILES string of the molecule is O=C1c2ccccc2C(=O)c2c(SCCCSSCCCSc3cccc4c3C(=O)c3ccccc3C4=O)cccc21. The molecule has 4 nitrogen and oxygen atoms in total. The Balaban J connectivity index is 0.934. The fourth-order valence-corrected chi connectivity index (χ4v) is 9.79. The molecule has 4 aromatic rings. The second-order valence-electron chi connectivity index (χ2n) is 9.81. The first-order valence-electron chi connectivity index (χ1n) is 13.7. The summed E-state index contributed by atoms with van der Waals surface area (Å²) in [4.78, 5) is 54.0. The lowest BCUT2D eigenvalue weighted by atomic mass is 9.84. The van der Waals surface area contributed by atoms with Crippen LogP contribution in [0.4, 0.5) is 0 Å². The minimum atomic E-state index is -0.0784. The van der Waals surface area contributed by atoms with Crippen LogP contribution in [0.2, 0.25) is 0 Å². The fourth-order valence-electron chi connectivity index (χ4n) is 5.19. The molecule has 0 aromatic heterocycles. The van der Waals surface area contributed by atoms with Crippen molar-refractivity contribution < 1.29 is 19.2 Å². The molecule has 0 fully saturated rings. The van der Waals surface area contributed by atoms with Crippen LogP contribution >= 0.6 is 45.1 Å². The molecule has 0 heterocycles. The highest BCUT2D eigenvalue weighted by atomic mass is 33.1. The highest BCUT2D eigenvalue weighted by Gasteiger charge is 2.32. The predicted octanol–water partition coefficient (Wildman–Crippen LogP) is 8.28. The van der Waals surface area contributed by atoms with Crippen molar-refractivity contribution in [3.63, 3.8) is 0 Å². The van der Waals surface area contributed by atoms with E-state index in [4.69, 9.17) is 0 Å². The van der Waals surface area contributed by atoms with E-state index >= 15 is 0 Å². The van der Waals surface area contributed by atoms with Crippen LogP contribution in [0, 0.1) is 0 Å². The predicted molar refractivity (Wildman–Crippen MR) is 175 cm³/mol. The van der Waals surface area contributed by atoms with Gasteiger partial charge < -0.3 is 0 Å². The van der Waals surface area contributed by atoms with Gasteiger partial charge in [0, 0.05) is 65.8 Å². The number of thioether (sulfide) groups is 2. The fraction of sp³-hybridized carbons (Fsp3) is 0.176. The van der Waals surface area contributed by atoms with Crippen molar-refractivity contribution in [1.29, 1.82) is 0 Å². The van der Waals surface area contributed by atoms with Gasteiger partial charge in [0.1, 0.15) is 0 Å². The van der Waals surface area contributed by atoms with E-state index in [9.17, 15) is 19.2 Å². The second kappa shape index (κ2) is 13.1. The molecule has 4 aromatic carbocycles. The monoisotopic (exact) mass is 626 g/mol. The number of carbonyl (C=O) groups excluding carboxylic acids is 4. The van der Waals surface area contributed by atoms with E-state index in [2.05, 4.69) is 0 Å². The van der Waals surface area contributed by atoms with Crippen LogP contribution in [0.5, 0.6) is 0 Å². The number of benzene rings is 4. The normalized spacial score (nSPS) is 13.4. The lowest BCUT2D eigenvalue weighted by Crippen LogP contribution is -2.21. The number of rotatable bonds is 11. The zero-order valence-corrected chi connectivity index (χ0v) is 25.9. The summed E-state index contributed by atoms with van der Waals surface area (Å²) < 4.78 is 0. The number of carbonyl (C=O) groups is 4. The summed E-state index contributed by atoms with van der Waals surface area (Å²) in [6.07, 6.45) is 1.99. The molecule has 8 heteroatoms. The van der Waals surface area contributed by atoms with E-state index in [1.807, 2.05) is 45.9 Å². The molecule has 0 atom stereocenters. The average molecular weight is 627 g/mol. The number of ketones is 4. The Labute approximate surface area is 261 Å². The van der Waals surface area contributed by atoms with Gasteiger partial charge >= 0.3 is 0 Å². The summed E-state index contributed by atoms with van der Waals surface area (Å²) in [7, 11) is 3.69. The molecule has 0 saturated carbocycles. The summed E-state index contributed by atoms with van der Waals surface area (Å²) >= 11 is 3.28. The van der Waals surface area contributed by atoms with Crippen LogP contribution in [0.1, 0.15) is 76.5 Å². The highest BCUT2D eigenvalue weighted by Crippen LogP contribution is 2.36. The van der Waals surface area contributed by atoms with Crippen molar-refractivity contribution >= 4 is 68.2 Å². The van der Waals surface area contributed by atoms with Crippen LogP contribution in [-0.4, -0.2) is 46.1 Å².